The Hall–Kier alpha value is -0.0800. The lowest BCUT2D eigenvalue weighted by molar-refractivity contribution is 0.179. The average Bonchev–Trinajstić information content (AvgIpc) is 2.12. The molecule has 2 unspecified atom stereocenters. The molecule has 2 N–H and O–H groups in total. The smallest absolute Gasteiger partial charge is 0.0459 e. The van der Waals surface area contributed by atoms with Crippen LogP contribution in [0.1, 0.15) is 46.0 Å². The number of hydrogen-bond donors (Lipinski definition) is 2. The first-order valence-corrected chi connectivity index (χ1v) is 5.46. The summed E-state index contributed by atoms with van der Waals surface area (Å²) in [4.78, 5) is 0. The standard InChI is InChI=1S/C11H24O2/c1-3-4-5-11(9-13)8-10(2)6-7-12/h10-13H,3-9H2,1-2H3. The van der Waals surface area contributed by atoms with E-state index in [-0.39, 0.29) is 6.61 Å². The van der Waals surface area contributed by atoms with Gasteiger partial charge in [0.1, 0.15) is 0 Å². The fourth-order valence-corrected chi connectivity index (χ4v) is 1.68. The predicted molar refractivity (Wildman–Crippen MR) is 55.6 cm³/mol. The van der Waals surface area contributed by atoms with Gasteiger partial charge in [-0.3, -0.25) is 0 Å². The number of rotatable bonds is 8. The number of hydrogen-bond acceptors (Lipinski definition) is 2. The van der Waals surface area contributed by atoms with Gasteiger partial charge in [0.15, 0.2) is 0 Å². The van der Waals surface area contributed by atoms with Crippen molar-refractivity contribution in [3.05, 3.63) is 0 Å². The zero-order valence-electron chi connectivity index (χ0n) is 9.00. The molecule has 0 rings (SSSR count). The number of aliphatic hydroxyl groups is 2. The predicted octanol–water partition coefficient (Wildman–Crippen LogP) is 2.19. The molecule has 2 heteroatoms. The van der Waals surface area contributed by atoms with Gasteiger partial charge in [-0.2, -0.15) is 0 Å². The SMILES string of the molecule is CCCCC(CO)CC(C)CCO. The second kappa shape index (κ2) is 8.52. The molecular weight excluding hydrogens is 164 g/mol. The van der Waals surface area contributed by atoms with Crippen LogP contribution in [0.2, 0.25) is 0 Å². The van der Waals surface area contributed by atoms with Crippen molar-refractivity contribution in [1.29, 1.82) is 0 Å². The maximum atomic E-state index is 9.11. The van der Waals surface area contributed by atoms with Crippen LogP contribution in [0.3, 0.4) is 0 Å². The molecule has 0 aromatic heterocycles. The van der Waals surface area contributed by atoms with Gasteiger partial charge in [0.05, 0.1) is 0 Å². The Morgan fingerprint density at radius 3 is 2.31 bits per heavy atom. The quantitative estimate of drug-likeness (QED) is 0.613. The summed E-state index contributed by atoms with van der Waals surface area (Å²) >= 11 is 0. The van der Waals surface area contributed by atoms with Crippen LogP contribution in [0.15, 0.2) is 0 Å². The second-order valence-corrected chi connectivity index (χ2v) is 4.04. The topological polar surface area (TPSA) is 40.5 Å². The van der Waals surface area contributed by atoms with Crippen molar-refractivity contribution in [3.63, 3.8) is 0 Å². The van der Waals surface area contributed by atoms with Gasteiger partial charge >= 0.3 is 0 Å². The lowest BCUT2D eigenvalue weighted by Gasteiger charge is -2.17. The van der Waals surface area contributed by atoms with Crippen LogP contribution >= 0.6 is 0 Å². The van der Waals surface area contributed by atoms with E-state index in [1.807, 2.05) is 0 Å². The van der Waals surface area contributed by atoms with E-state index < -0.39 is 0 Å². The number of unbranched alkanes of at least 4 members (excludes halogenated alkanes) is 1. The van der Waals surface area contributed by atoms with Crippen molar-refractivity contribution in [2.24, 2.45) is 11.8 Å². The normalized spacial score (nSPS) is 15.7. The second-order valence-electron chi connectivity index (χ2n) is 4.04. The molecule has 2 nitrogen and oxygen atoms in total. The van der Waals surface area contributed by atoms with E-state index in [2.05, 4.69) is 13.8 Å². The Morgan fingerprint density at radius 2 is 1.85 bits per heavy atom. The van der Waals surface area contributed by atoms with Gasteiger partial charge in [-0.05, 0) is 31.1 Å². The van der Waals surface area contributed by atoms with E-state index in [1.165, 1.54) is 12.8 Å². The summed E-state index contributed by atoms with van der Waals surface area (Å²) in [7, 11) is 0. The van der Waals surface area contributed by atoms with Crippen molar-refractivity contribution in [2.75, 3.05) is 13.2 Å². The molecule has 2 atom stereocenters. The highest BCUT2D eigenvalue weighted by Crippen LogP contribution is 2.19. The zero-order chi connectivity index (χ0) is 10.1. The monoisotopic (exact) mass is 188 g/mol. The van der Waals surface area contributed by atoms with Crippen LogP contribution in [0.4, 0.5) is 0 Å². The molecule has 0 amide bonds. The Bertz CT molecular complexity index is 104. The summed E-state index contributed by atoms with van der Waals surface area (Å²) in [6.45, 7) is 4.89. The summed E-state index contributed by atoms with van der Waals surface area (Å²) in [6.07, 6.45) is 5.45. The van der Waals surface area contributed by atoms with Crippen molar-refractivity contribution >= 4 is 0 Å². The molecule has 0 aromatic carbocycles. The highest BCUT2D eigenvalue weighted by Gasteiger charge is 2.11. The fraction of sp³-hybridized carbons (Fsp3) is 1.00. The molecule has 0 heterocycles. The van der Waals surface area contributed by atoms with Crippen molar-refractivity contribution in [1.82, 2.24) is 0 Å². The summed E-state index contributed by atoms with van der Waals surface area (Å²) in [5.41, 5.74) is 0. The maximum absolute atomic E-state index is 9.11. The summed E-state index contributed by atoms with van der Waals surface area (Å²) in [5.74, 6) is 0.987. The van der Waals surface area contributed by atoms with E-state index in [4.69, 9.17) is 10.2 Å². The van der Waals surface area contributed by atoms with Crippen LogP contribution in [-0.4, -0.2) is 23.4 Å². The van der Waals surface area contributed by atoms with Gasteiger partial charge in [-0.1, -0.05) is 26.7 Å². The van der Waals surface area contributed by atoms with Gasteiger partial charge in [0.2, 0.25) is 0 Å². The third-order valence-electron chi connectivity index (χ3n) is 2.58. The number of aliphatic hydroxyl groups excluding tert-OH is 2. The molecule has 0 saturated heterocycles. The first-order valence-electron chi connectivity index (χ1n) is 5.46. The molecule has 80 valence electrons. The molecule has 0 spiro atoms. The molecule has 0 aliphatic rings. The molecule has 0 radical (unpaired) electrons. The van der Waals surface area contributed by atoms with Crippen LogP contribution in [0.25, 0.3) is 0 Å². The lowest BCUT2D eigenvalue weighted by Crippen LogP contribution is -2.11. The Labute approximate surface area is 82.0 Å². The third kappa shape index (κ3) is 7.03. The van der Waals surface area contributed by atoms with E-state index in [0.29, 0.717) is 18.4 Å². The van der Waals surface area contributed by atoms with Crippen LogP contribution in [-0.2, 0) is 0 Å². The third-order valence-corrected chi connectivity index (χ3v) is 2.58. The van der Waals surface area contributed by atoms with Crippen molar-refractivity contribution in [3.8, 4) is 0 Å². The van der Waals surface area contributed by atoms with Crippen LogP contribution < -0.4 is 0 Å². The molecule has 0 aliphatic carbocycles. The lowest BCUT2D eigenvalue weighted by atomic mass is 9.90. The zero-order valence-corrected chi connectivity index (χ0v) is 9.00. The van der Waals surface area contributed by atoms with Gasteiger partial charge in [0.25, 0.3) is 0 Å². The minimum Gasteiger partial charge on any atom is -0.396 e. The Kier molecular flexibility index (Phi) is 8.46. The Morgan fingerprint density at radius 1 is 1.15 bits per heavy atom. The molecule has 0 aliphatic heterocycles. The van der Waals surface area contributed by atoms with E-state index in [0.717, 1.165) is 19.3 Å². The average molecular weight is 188 g/mol. The van der Waals surface area contributed by atoms with Crippen LogP contribution in [0.5, 0.6) is 0 Å². The van der Waals surface area contributed by atoms with Crippen molar-refractivity contribution < 1.29 is 10.2 Å². The summed E-state index contributed by atoms with van der Waals surface area (Å²) < 4.78 is 0. The minimum atomic E-state index is 0.271. The first kappa shape index (κ1) is 12.9. The Balaban J connectivity index is 3.56. The van der Waals surface area contributed by atoms with E-state index in [1.54, 1.807) is 0 Å². The van der Waals surface area contributed by atoms with Crippen LogP contribution in [0, 0.1) is 11.8 Å². The van der Waals surface area contributed by atoms with E-state index >= 15 is 0 Å². The molecule has 0 saturated carbocycles. The molecule has 0 bridgehead atoms. The highest BCUT2D eigenvalue weighted by molar-refractivity contribution is 4.62. The van der Waals surface area contributed by atoms with Gasteiger partial charge in [0, 0.05) is 13.2 Å². The maximum Gasteiger partial charge on any atom is 0.0459 e. The molecule has 0 aromatic rings. The van der Waals surface area contributed by atoms with Crippen molar-refractivity contribution in [2.45, 2.75) is 46.0 Å². The largest absolute Gasteiger partial charge is 0.396 e. The molecule has 0 fully saturated rings. The summed E-state index contributed by atoms with van der Waals surface area (Å²) in [5, 5.41) is 17.8. The fourth-order valence-electron chi connectivity index (χ4n) is 1.68. The molecule has 13 heavy (non-hydrogen) atoms. The molecular formula is C11H24O2. The van der Waals surface area contributed by atoms with E-state index in [9.17, 15) is 0 Å². The highest BCUT2D eigenvalue weighted by atomic mass is 16.3. The summed E-state index contributed by atoms with van der Waals surface area (Å²) in [6, 6.07) is 0. The van der Waals surface area contributed by atoms with Gasteiger partial charge < -0.3 is 10.2 Å². The van der Waals surface area contributed by atoms with Gasteiger partial charge in [-0.15, -0.1) is 0 Å². The van der Waals surface area contributed by atoms with Gasteiger partial charge in [-0.25, -0.2) is 0 Å². The minimum absolute atomic E-state index is 0.271. The first-order chi connectivity index (χ1) is 6.24.